The molecular formula is C22H27ClN4OS. The molecule has 1 aromatic carbocycles. The number of thiophene rings is 1. The fourth-order valence-electron chi connectivity index (χ4n) is 4.79. The van der Waals surface area contributed by atoms with Gasteiger partial charge >= 0.3 is 0 Å². The maximum Gasteiger partial charge on any atom is 0.259 e. The summed E-state index contributed by atoms with van der Waals surface area (Å²) in [6.45, 7) is 5.35. The van der Waals surface area contributed by atoms with Crippen molar-refractivity contribution in [2.75, 3.05) is 17.2 Å². The van der Waals surface area contributed by atoms with Crippen LogP contribution in [0.15, 0.2) is 23.0 Å². The van der Waals surface area contributed by atoms with Gasteiger partial charge in [0.05, 0.1) is 11.4 Å². The zero-order valence-electron chi connectivity index (χ0n) is 16.8. The molecule has 29 heavy (non-hydrogen) atoms. The fraction of sp³-hybridized carbons (Fsp3) is 0.455. The highest BCUT2D eigenvalue weighted by molar-refractivity contribution is 7.18. The Labute approximate surface area is 180 Å². The van der Waals surface area contributed by atoms with Crippen molar-refractivity contribution < 1.29 is 0 Å². The standard InChI is InChI=1S/C22H26N4OS.ClH/c1-12-8-9-15-18(11-12)28-22-19(15)21(27)24-20(25-22)13(2)26-10-4-5-14-16(23)6-3-7-17(14)26;/h3,6-7,12-13H,4-5,8-11,23H2,1-2H3,(H,24,25,27);1H. The molecule has 0 saturated carbocycles. The molecule has 3 N–H and O–H groups in total. The second kappa shape index (κ2) is 7.65. The minimum Gasteiger partial charge on any atom is -0.398 e. The number of nitrogens with zero attached hydrogens (tertiary/aromatic N) is 2. The van der Waals surface area contributed by atoms with Crippen LogP contribution < -0.4 is 16.2 Å². The number of halogens is 1. The van der Waals surface area contributed by atoms with Gasteiger partial charge in [-0.2, -0.15) is 0 Å². The SMILES string of the molecule is CC1CCc2c(sc3nc(C(C)N4CCCc5c(N)cccc54)[nH]c(=O)c23)C1.Cl. The molecule has 0 spiro atoms. The molecule has 2 aromatic heterocycles. The number of hydrogen-bond acceptors (Lipinski definition) is 5. The molecule has 5 rings (SSSR count). The molecule has 3 heterocycles. The molecule has 0 bridgehead atoms. The molecule has 2 aliphatic rings. The predicted molar refractivity (Wildman–Crippen MR) is 124 cm³/mol. The van der Waals surface area contributed by atoms with Crippen LogP contribution in [-0.2, 0) is 19.3 Å². The molecule has 0 fully saturated rings. The molecular weight excluding hydrogens is 404 g/mol. The van der Waals surface area contributed by atoms with Gasteiger partial charge in [0.15, 0.2) is 0 Å². The van der Waals surface area contributed by atoms with E-state index < -0.39 is 0 Å². The average Bonchev–Trinajstić information content (AvgIpc) is 3.05. The second-order valence-electron chi connectivity index (χ2n) is 8.30. The highest BCUT2D eigenvalue weighted by Crippen LogP contribution is 2.38. The van der Waals surface area contributed by atoms with Gasteiger partial charge in [-0.05, 0) is 68.2 Å². The van der Waals surface area contributed by atoms with E-state index in [1.807, 2.05) is 12.1 Å². The van der Waals surface area contributed by atoms with Crippen LogP contribution in [0.5, 0.6) is 0 Å². The third-order valence-corrected chi connectivity index (χ3v) is 7.52. The molecule has 1 aliphatic heterocycles. The lowest BCUT2D eigenvalue weighted by Crippen LogP contribution is -2.34. The number of hydrogen-bond donors (Lipinski definition) is 2. The maximum absolute atomic E-state index is 13.0. The van der Waals surface area contributed by atoms with Crippen LogP contribution >= 0.6 is 23.7 Å². The van der Waals surface area contributed by atoms with E-state index in [4.69, 9.17) is 10.7 Å². The molecule has 2 atom stereocenters. The number of rotatable bonds is 2. The number of fused-ring (bicyclic) bond motifs is 4. The van der Waals surface area contributed by atoms with Crippen molar-refractivity contribution in [3.63, 3.8) is 0 Å². The maximum atomic E-state index is 13.0. The van der Waals surface area contributed by atoms with Gasteiger partial charge in [0, 0.05) is 22.8 Å². The first-order valence-electron chi connectivity index (χ1n) is 10.2. The van der Waals surface area contributed by atoms with E-state index in [1.165, 1.54) is 21.7 Å². The number of nitrogens with one attached hydrogen (secondary N) is 1. The van der Waals surface area contributed by atoms with Gasteiger partial charge in [0.25, 0.3) is 5.56 Å². The van der Waals surface area contributed by atoms with Crippen LogP contribution in [0.25, 0.3) is 10.2 Å². The molecule has 0 amide bonds. The lowest BCUT2D eigenvalue weighted by molar-refractivity contribution is 0.509. The normalized spacial score (nSPS) is 19.4. The topological polar surface area (TPSA) is 75.0 Å². The van der Waals surface area contributed by atoms with Crippen molar-refractivity contribution in [3.8, 4) is 0 Å². The van der Waals surface area contributed by atoms with Crippen molar-refractivity contribution in [1.82, 2.24) is 9.97 Å². The van der Waals surface area contributed by atoms with Crippen LogP contribution in [0.2, 0.25) is 0 Å². The molecule has 0 saturated heterocycles. The van der Waals surface area contributed by atoms with Gasteiger partial charge in [-0.25, -0.2) is 4.98 Å². The molecule has 2 unspecified atom stereocenters. The van der Waals surface area contributed by atoms with Gasteiger partial charge in [-0.1, -0.05) is 13.0 Å². The van der Waals surface area contributed by atoms with E-state index in [2.05, 4.69) is 29.8 Å². The van der Waals surface area contributed by atoms with Crippen LogP contribution in [0.1, 0.15) is 54.6 Å². The smallest absolute Gasteiger partial charge is 0.259 e. The Balaban J connectivity index is 0.00000205. The number of benzene rings is 1. The Bertz CT molecular complexity index is 1120. The number of aromatic nitrogens is 2. The highest BCUT2D eigenvalue weighted by Gasteiger charge is 2.27. The largest absolute Gasteiger partial charge is 0.398 e. The molecule has 1 aliphatic carbocycles. The molecule has 5 nitrogen and oxygen atoms in total. The summed E-state index contributed by atoms with van der Waals surface area (Å²) in [5.41, 5.74) is 10.7. The van der Waals surface area contributed by atoms with Crippen molar-refractivity contribution >= 4 is 45.3 Å². The van der Waals surface area contributed by atoms with E-state index in [9.17, 15) is 4.79 Å². The Kier molecular flexibility index (Phi) is 5.34. The summed E-state index contributed by atoms with van der Waals surface area (Å²) >= 11 is 1.71. The van der Waals surface area contributed by atoms with E-state index in [1.54, 1.807) is 11.3 Å². The first-order valence-corrected chi connectivity index (χ1v) is 11.0. The lowest BCUT2D eigenvalue weighted by atomic mass is 9.89. The van der Waals surface area contributed by atoms with Gasteiger partial charge in [0.1, 0.15) is 10.7 Å². The predicted octanol–water partition coefficient (Wildman–Crippen LogP) is 4.63. The van der Waals surface area contributed by atoms with Crippen LogP contribution in [0.3, 0.4) is 0 Å². The van der Waals surface area contributed by atoms with Gasteiger partial charge < -0.3 is 15.6 Å². The van der Waals surface area contributed by atoms with Crippen LogP contribution in [-0.4, -0.2) is 16.5 Å². The zero-order valence-corrected chi connectivity index (χ0v) is 18.5. The number of H-pyrrole nitrogens is 1. The summed E-state index contributed by atoms with van der Waals surface area (Å²) in [5, 5.41) is 0.825. The van der Waals surface area contributed by atoms with Crippen molar-refractivity contribution in [3.05, 3.63) is 50.4 Å². The number of anilines is 2. The number of aryl methyl sites for hydroxylation is 1. The van der Waals surface area contributed by atoms with Gasteiger partial charge in [-0.15, -0.1) is 23.7 Å². The van der Waals surface area contributed by atoms with E-state index in [0.29, 0.717) is 5.92 Å². The average molecular weight is 431 g/mol. The Morgan fingerprint density at radius 3 is 2.97 bits per heavy atom. The minimum absolute atomic E-state index is 0. The summed E-state index contributed by atoms with van der Waals surface area (Å²) in [6.07, 6.45) is 5.28. The fourth-order valence-corrected chi connectivity index (χ4v) is 6.18. The Morgan fingerprint density at radius 2 is 2.14 bits per heavy atom. The van der Waals surface area contributed by atoms with E-state index in [0.717, 1.165) is 60.4 Å². The second-order valence-corrected chi connectivity index (χ2v) is 9.38. The Hall–Kier alpha value is -2.05. The van der Waals surface area contributed by atoms with E-state index >= 15 is 0 Å². The monoisotopic (exact) mass is 430 g/mol. The summed E-state index contributed by atoms with van der Waals surface area (Å²) in [6, 6.07) is 6.10. The third kappa shape index (κ3) is 3.32. The van der Waals surface area contributed by atoms with Crippen LogP contribution in [0, 0.1) is 5.92 Å². The highest BCUT2D eigenvalue weighted by atomic mass is 35.5. The van der Waals surface area contributed by atoms with Gasteiger partial charge in [0.2, 0.25) is 0 Å². The summed E-state index contributed by atoms with van der Waals surface area (Å²) in [4.78, 5) is 25.6. The quantitative estimate of drug-likeness (QED) is 0.581. The number of aromatic amines is 1. The van der Waals surface area contributed by atoms with E-state index in [-0.39, 0.29) is 24.0 Å². The minimum atomic E-state index is -0.00370. The molecule has 7 heteroatoms. The summed E-state index contributed by atoms with van der Waals surface area (Å²) in [5.74, 6) is 1.44. The Morgan fingerprint density at radius 1 is 1.31 bits per heavy atom. The zero-order chi connectivity index (χ0) is 19.4. The van der Waals surface area contributed by atoms with Gasteiger partial charge in [-0.3, -0.25) is 4.79 Å². The number of nitrogens with two attached hydrogens (primary N) is 1. The third-order valence-electron chi connectivity index (χ3n) is 6.37. The van der Waals surface area contributed by atoms with Crippen molar-refractivity contribution in [2.24, 2.45) is 5.92 Å². The molecule has 3 aromatic rings. The first-order chi connectivity index (χ1) is 13.5. The number of nitrogen functional groups attached to an aromatic ring is 1. The molecule has 154 valence electrons. The summed E-state index contributed by atoms with van der Waals surface area (Å²) < 4.78 is 0. The van der Waals surface area contributed by atoms with Crippen molar-refractivity contribution in [2.45, 2.75) is 52.0 Å². The molecule has 0 radical (unpaired) electrons. The lowest BCUT2D eigenvalue weighted by Gasteiger charge is -2.36. The van der Waals surface area contributed by atoms with Crippen molar-refractivity contribution in [1.29, 1.82) is 0 Å². The summed E-state index contributed by atoms with van der Waals surface area (Å²) in [7, 11) is 0. The first kappa shape index (κ1) is 20.2. The van der Waals surface area contributed by atoms with Crippen LogP contribution in [0.4, 0.5) is 11.4 Å².